The Morgan fingerprint density at radius 3 is 2.67 bits per heavy atom. The molecule has 1 aliphatic rings. The number of carboxylic acid groups (broad SMARTS) is 1. The number of amides is 1. The quantitative estimate of drug-likeness (QED) is 0.757. The summed E-state index contributed by atoms with van der Waals surface area (Å²) in [4.78, 5) is 22.8. The van der Waals surface area contributed by atoms with Crippen LogP contribution in [-0.4, -0.2) is 36.2 Å². The highest BCUT2D eigenvalue weighted by atomic mass is 16.5. The Bertz CT molecular complexity index is 299. The smallest absolute Gasteiger partial charge is 0.311 e. The van der Waals surface area contributed by atoms with Gasteiger partial charge >= 0.3 is 5.97 Å². The van der Waals surface area contributed by atoms with Crippen molar-refractivity contribution in [1.82, 2.24) is 5.32 Å². The molecule has 1 aliphatic heterocycles. The summed E-state index contributed by atoms with van der Waals surface area (Å²) in [7, 11) is 0. The molecule has 1 amide bonds. The maximum Gasteiger partial charge on any atom is 0.311 e. The molecule has 5 nitrogen and oxygen atoms in total. The average Bonchev–Trinajstić information content (AvgIpc) is 2.37. The topological polar surface area (TPSA) is 75.6 Å². The lowest BCUT2D eigenvalue weighted by molar-refractivity contribution is -0.148. The summed E-state index contributed by atoms with van der Waals surface area (Å²) in [5.74, 6) is -0.998. The van der Waals surface area contributed by atoms with Gasteiger partial charge in [0.05, 0.1) is 17.9 Å². The third-order valence-electron chi connectivity index (χ3n) is 3.66. The molecule has 5 heteroatoms. The Morgan fingerprint density at radius 2 is 2.17 bits per heavy atom. The van der Waals surface area contributed by atoms with E-state index in [1.165, 1.54) is 0 Å². The Kier molecular flexibility index (Phi) is 5.59. The summed E-state index contributed by atoms with van der Waals surface area (Å²) < 4.78 is 5.48. The molecule has 1 heterocycles. The van der Waals surface area contributed by atoms with Crippen LogP contribution in [0.25, 0.3) is 0 Å². The Labute approximate surface area is 108 Å². The van der Waals surface area contributed by atoms with Crippen molar-refractivity contribution in [3.05, 3.63) is 0 Å². The van der Waals surface area contributed by atoms with E-state index in [-0.39, 0.29) is 18.6 Å². The van der Waals surface area contributed by atoms with Gasteiger partial charge in [0, 0.05) is 13.2 Å². The number of nitrogens with one attached hydrogen (secondary N) is 1. The number of rotatable bonds is 6. The third-order valence-corrected chi connectivity index (χ3v) is 3.66. The first-order chi connectivity index (χ1) is 8.48. The van der Waals surface area contributed by atoms with Crippen LogP contribution in [0.2, 0.25) is 0 Å². The number of ether oxygens (including phenoxy) is 1. The molecule has 2 N–H and O–H groups in total. The van der Waals surface area contributed by atoms with Crippen molar-refractivity contribution in [2.75, 3.05) is 13.2 Å². The first-order valence-corrected chi connectivity index (χ1v) is 6.59. The average molecular weight is 257 g/mol. The lowest BCUT2D eigenvalue weighted by Gasteiger charge is -2.25. The van der Waals surface area contributed by atoms with Crippen molar-refractivity contribution < 1.29 is 19.4 Å². The van der Waals surface area contributed by atoms with Crippen LogP contribution >= 0.6 is 0 Å². The number of hydrogen-bond donors (Lipinski definition) is 2. The van der Waals surface area contributed by atoms with Crippen LogP contribution in [0.5, 0.6) is 0 Å². The van der Waals surface area contributed by atoms with E-state index in [0.29, 0.717) is 12.8 Å². The zero-order valence-electron chi connectivity index (χ0n) is 11.2. The normalized spacial score (nSPS) is 23.1. The Morgan fingerprint density at radius 1 is 1.44 bits per heavy atom. The Hall–Kier alpha value is -1.10. The van der Waals surface area contributed by atoms with Gasteiger partial charge in [0.1, 0.15) is 0 Å². The van der Waals surface area contributed by atoms with Gasteiger partial charge in [0.25, 0.3) is 0 Å². The standard InChI is InChI=1S/C13H23NO4/c1-3-13(2,12(16)17)9-14-11(15)8-10-6-4-5-7-18-10/h10H,3-9H2,1-2H3,(H,14,15)(H,16,17). The number of hydrogen-bond acceptors (Lipinski definition) is 3. The van der Waals surface area contributed by atoms with Gasteiger partial charge in [0.2, 0.25) is 5.91 Å². The summed E-state index contributed by atoms with van der Waals surface area (Å²) in [5, 5.41) is 11.8. The number of carbonyl (C=O) groups is 2. The minimum absolute atomic E-state index is 0.00328. The van der Waals surface area contributed by atoms with E-state index < -0.39 is 11.4 Å². The van der Waals surface area contributed by atoms with E-state index in [0.717, 1.165) is 25.9 Å². The van der Waals surface area contributed by atoms with Gasteiger partial charge in [-0.3, -0.25) is 9.59 Å². The molecule has 1 saturated heterocycles. The molecular formula is C13H23NO4. The minimum atomic E-state index is -0.886. The van der Waals surface area contributed by atoms with E-state index >= 15 is 0 Å². The molecule has 0 radical (unpaired) electrons. The van der Waals surface area contributed by atoms with Crippen molar-refractivity contribution >= 4 is 11.9 Å². The molecule has 2 unspecified atom stereocenters. The molecule has 0 aromatic heterocycles. The molecule has 0 bridgehead atoms. The van der Waals surface area contributed by atoms with E-state index in [9.17, 15) is 9.59 Å². The predicted molar refractivity (Wildman–Crippen MR) is 67.3 cm³/mol. The highest BCUT2D eigenvalue weighted by molar-refractivity contribution is 5.79. The number of carbonyl (C=O) groups excluding carboxylic acids is 1. The van der Waals surface area contributed by atoms with Gasteiger partial charge in [-0.1, -0.05) is 6.92 Å². The van der Waals surface area contributed by atoms with Crippen LogP contribution in [-0.2, 0) is 14.3 Å². The SMILES string of the molecule is CCC(C)(CNC(=O)CC1CCCCO1)C(=O)O. The zero-order valence-corrected chi connectivity index (χ0v) is 11.2. The summed E-state index contributed by atoms with van der Waals surface area (Å²) in [6.45, 7) is 4.35. The van der Waals surface area contributed by atoms with E-state index in [1.807, 2.05) is 6.92 Å². The lowest BCUT2D eigenvalue weighted by Crippen LogP contribution is -2.41. The van der Waals surface area contributed by atoms with Gasteiger partial charge in [-0.25, -0.2) is 0 Å². The molecule has 0 saturated carbocycles. The van der Waals surface area contributed by atoms with E-state index in [4.69, 9.17) is 9.84 Å². The maximum atomic E-state index is 11.7. The van der Waals surface area contributed by atoms with Gasteiger partial charge in [-0.15, -0.1) is 0 Å². The molecule has 0 aromatic rings. The molecule has 0 aromatic carbocycles. The maximum absolute atomic E-state index is 11.7. The predicted octanol–water partition coefficient (Wildman–Crippen LogP) is 1.56. The summed E-state index contributed by atoms with van der Waals surface area (Å²) in [5.41, 5.74) is -0.886. The van der Waals surface area contributed by atoms with E-state index in [1.54, 1.807) is 6.92 Å². The number of aliphatic carboxylic acids is 1. The molecule has 18 heavy (non-hydrogen) atoms. The van der Waals surface area contributed by atoms with Crippen LogP contribution < -0.4 is 5.32 Å². The summed E-state index contributed by atoms with van der Waals surface area (Å²) in [6.07, 6.45) is 3.89. The second-order valence-corrected chi connectivity index (χ2v) is 5.19. The molecule has 0 spiro atoms. The molecule has 0 aliphatic carbocycles. The Balaban J connectivity index is 2.33. The molecule has 104 valence electrons. The molecule has 2 atom stereocenters. The van der Waals surface area contributed by atoms with Crippen molar-refractivity contribution in [1.29, 1.82) is 0 Å². The van der Waals surface area contributed by atoms with Crippen LogP contribution in [0.15, 0.2) is 0 Å². The highest BCUT2D eigenvalue weighted by Crippen LogP contribution is 2.20. The summed E-state index contributed by atoms with van der Waals surface area (Å²) >= 11 is 0. The van der Waals surface area contributed by atoms with Crippen LogP contribution in [0, 0.1) is 5.41 Å². The zero-order chi connectivity index (χ0) is 13.6. The van der Waals surface area contributed by atoms with Gasteiger partial charge in [-0.05, 0) is 32.6 Å². The highest BCUT2D eigenvalue weighted by Gasteiger charge is 2.31. The van der Waals surface area contributed by atoms with Crippen LogP contribution in [0.3, 0.4) is 0 Å². The van der Waals surface area contributed by atoms with Crippen molar-refractivity contribution in [3.63, 3.8) is 0 Å². The van der Waals surface area contributed by atoms with Gasteiger partial charge in [-0.2, -0.15) is 0 Å². The van der Waals surface area contributed by atoms with Crippen molar-refractivity contribution in [3.8, 4) is 0 Å². The third kappa shape index (κ3) is 4.29. The van der Waals surface area contributed by atoms with Gasteiger partial charge < -0.3 is 15.2 Å². The van der Waals surface area contributed by atoms with Crippen LogP contribution in [0.1, 0.15) is 46.0 Å². The fourth-order valence-corrected chi connectivity index (χ4v) is 1.89. The molecular weight excluding hydrogens is 234 g/mol. The molecule has 1 fully saturated rings. The number of carboxylic acids is 1. The van der Waals surface area contributed by atoms with Crippen LogP contribution in [0.4, 0.5) is 0 Å². The second kappa shape index (κ2) is 6.73. The minimum Gasteiger partial charge on any atom is -0.481 e. The molecule has 1 rings (SSSR count). The van der Waals surface area contributed by atoms with Crippen molar-refractivity contribution in [2.45, 2.75) is 52.1 Å². The first kappa shape index (κ1) is 15.0. The second-order valence-electron chi connectivity index (χ2n) is 5.19. The van der Waals surface area contributed by atoms with Gasteiger partial charge in [0.15, 0.2) is 0 Å². The van der Waals surface area contributed by atoms with E-state index in [2.05, 4.69) is 5.32 Å². The fraction of sp³-hybridized carbons (Fsp3) is 0.846. The lowest BCUT2D eigenvalue weighted by atomic mass is 9.87. The summed E-state index contributed by atoms with van der Waals surface area (Å²) in [6, 6.07) is 0. The van der Waals surface area contributed by atoms with Crippen molar-refractivity contribution in [2.24, 2.45) is 5.41 Å². The fourth-order valence-electron chi connectivity index (χ4n) is 1.89. The monoisotopic (exact) mass is 257 g/mol. The largest absolute Gasteiger partial charge is 0.481 e. The first-order valence-electron chi connectivity index (χ1n) is 6.59.